The third kappa shape index (κ3) is 8.26. The number of aliphatic hydroxyl groups is 1. The van der Waals surface area contributed by atoms with Gasteiger partial charge in [-0.05, 0) is 84.1 Å². The summed E-state index contributed by atoms with van der Waals surface area (Å²) in [7, 11) is 1.64. The van der Waals surface area contributed by atoms with Gasteiger partial charge in [0.25, 0.3) is 0 Å². The largest absolute Gasteiger partial charge is 0.497 e. The molecule has 4 aliphatic heterocycles. The minimum absolute atomic E-state index is 0.182. The lowest BCUT2D eigenvalue weighted by Crippen LogP contribution is -2.71. The van der Waals surface area contributed by atoms with Crippen molar-refractivity contribution in [2.24, 2.45) is 11.8 Å². The van der Waals surface area contributed by atoms with Crippen molar-refractivity contribution in [3.05, 3.63) is 24.3 Å². The summed E-state index contributed by atoms with van der Waals surface area (Å²) in [6.07, 6.45) is 2.20. The first-order chi connectivity index (χ1) is 24.1. The molecular weight excluding hydrogens is 644 g/mol. The minimum Gasteiger partial charge on any atom is -0.497 e. The molecule has 2 aromatic rings. The van der Waals surface area contributed by atoms with Crippen molar-refractivity contribution < 1.29 is 33.8 Å². The molecule has 0 amide bonds. The summed E-state index contributed by atoms with van der Waals surface area (Å²) in [5.74, 6) is 1.31. The fourth-order valence-corrected chi connectivity index (χ4v) is 7.82. The molecule has 7 rings (SSSR count). The molecule has 2 bridgehead atoms. The molecule has 4 saturated heterocycles. The molecule has 7 atom stereocenters. The molecule has 1 saturated carbocycles. The third-order valence-electron chi connectivity index (χ3n) is 10.4. The van der Waals surface area contributed by atoms with Crippen LogP contribution in [0.25, 0.3) is 0 Å². The summed E-state index contributed by atoms with van der Waals surface area (Å²) in [6, 6.07) is 8.45. The SMILES string of the molecule is COc1ccc(Nc2nc(NCCNCCOC3O[C@@H]4OC5(C)CCC6CCCC([C@H]3O)[C@]64OO5)nc(NCCN(C(C)C)C(C)C)n2)cc1. The fourth-order valence-electron chi connectivity index (χ4n) is 7.82. The van der Waals surface area contributed by atoms with Crippen LogP contribution in [0.4, 0.5) is 23.5 Å². The first kappa shape index (κ1) is 36.9. The number of benzene rings is 1. The second kappa shape index (κ2) is 16.2. The molecule has 278 valence electrons. The first-order valence-electron chi connectivity index (χ1n) is 18.2. The molecular formula is C35H56N8O7. The monoisotopic (exact) mass is 700 g/mol. The lowest BCUT2D eigenvalue weighted by atomic mass is 9.63. The lowest BCUT2D eigenvalue weighted by Gasteiger charge is -2.58. The van der Waals surface area contributed by atoms with E-state index in [2.05, 4.69) is 68.8 Å². The predicted molar refractivity (Wildman–Crippen MR) is 188 cm³/mol. The highest BCUT2D eigenvalue weighted by molar-refractivity contribution is 5.56. The van der Waals surface area contributed by atoms with Crippen LogP contribution in [-0.4, -0.2) is 114 Å². The molecule has 5 fully saturated rings. The van der Waals surface area contributed by atoms with Gasteiger partial charge in [-0.1, -0.05) is 6.42 Å². The smallest absolute Gasteiger partial charge is 0.233 e. The standard InChI is InChI=1S/C35H56N8O7/c1-22(2)43(23(3)4)20-18-38-32-40-31(41-33(42-32)39-25-10-12-26(45-6)13-11-25)37-17-16-36-19-21-46-29-28(44)27-9-7-8-24-14-15-34(5)48-30(47-29)35(24,27)50-49-34/h10-13,22-24,27-30,36,44H,7-9,14-21H2,1-6H3,(H3,37,38,39,40,41,42)/t24?,27?,28-,29?,30-,34?,35-/m1/s1. The van der Waals surface area contributed by atoms with Gasteiger partial charge in [0.1, 0.15) is 11.9 Å². The molecule has 4 unspecified atom stereocenters. The highest BCUT2D eigenvalue weighted by Crippen LogP contribution is 2.57. The number of aliphatic hydroxyl groups excluding tert-OH is 1. The van der Waals surface area contributed by atoms with Gasteiger partial charge in [-0.2, -0.15) is 15.0 Å². The van der Waals surface area contributed by atoms with E-state index in [1.54, 1.807) is 7.11 Å². The van der Waals surface area contributed by atoms with Crippen molar-refractivity contribution in [1.29, 1.82) is 0 Å². The van der Waals surface area contributed by atoms with Gasteiger partial charge in [-0.15, -0.1) is 0 Å². The highest BCUT2D eigenvalue weighted by atomic mass is 17.3. The van der Waals surface area contributed by atoms with E-state index in [0.717, 1.165) is 50.1 Å². The van der Waals surface area contributed by atoms with Crippen molar-refractivity contribution in [2.45, 2.75) is 109 Å². The lowest BCUT2D eigenvalue weighted by molar-refractivity contribution is -0.577. The average molecular weight is 701 g/mol. The summed E-state index contributed by atoms with van der Waals surface area (Å²) in [5, 5.41) is 24.7. The number of hydrogen-bond acceptors (Lipinski definition) is 15. The van der Waals surface area contributed by atoms with Crippen LogP contribution < -0.4 is 26.0 Å². The van der Waals surface area contributed by atoms with Crippen molar-refractivity contribution >= 4 is 23.5 Å². The number of rotatable bonds is 17. The first-order valence-corrected chi connectivity index (χ1v) is 18.2. The molecule has 5 N–H and O–H groups in total. The quantitative estimate of drug-likeness (QED) is 0.119. The summed E-state index contributed by atoms with van der Waals surface area (Å²) >= 11 is 0. The number of ether oxygens (including phenoxy) is 4. The Balaban J connectivity index is 0.991. The predicted octanol–water partition coefficient (Wildman–Crippen LogP) is 3.86. The number of anilines is 4. The van der Waals surface area contributed by atoms with Crippen LogP contribution in [0.15, 0.2) is 24.3 Å². The van der Waals surface area contributed by atoms with Crippen LogP contribution in [0.1, 0.15) is 66.7 Å². The zero-order valence-corrected chi connectivity index (χ0v) is 30.3. The van der Waals surface area contributed by atoms with Gasteiger partial charge in [0, 0.05) is 62.8 Å². The topological polar surface area (TPSA) is 166 Å². The fraction of sp³-hybridized carbons (Fsp3) is 0.743. The van der Waals surface area contributed by atoms with Crippen molar-refractivity contribution in [2.75, 3.05) is 62.4 Å². The normalized spacial score (nSPS) is 30.3. The molecule has 1 aromatic carbocycles. The number of aromatic nitrogens is 3. The van der Waals surface area contributed by atoms with Gasteiger partial charge in [-0.25, -0.2) is 9.78 Å². The molecule has 50 heavy (non-hydrogen) atoms. The maximum Gasteiger partial charge on any atom is 0.233 e. The molecule has 1 aliphatic carbocycles. The summed E-state index contributed by atoms with van der Waals surface area (Å²) in [4.78, 5) is 28.1. The molecule has 1 aromatic heterocycles. The van der Waals surface area contributed by atoms with Gasteiger partial charge < -0.3 is 45.3 Å². The highest BCUT2D eigenvalue weighted by Gasteiger charge is 2.69. The minimum atomic E-state index is -0.857. The van der Waals surface area contributed by atoms with Crippen molar-refractivity contribution in [3.63, 3.8) is 0 Å². The van der Waals surface area contributed by atoms with Gasteiger partial charge in [0.15, 0.2) is 18.2 Å². The number of methoxy groups -OCH3 is 1. The van der Waals surface area contributed by atoms with Crippen molar-refractivity contribution in [3.8, 4) is 5.75 Å². The van der Waals surface area contributed by atoms with E-state index in [1.165, 1.54) is 0 Å². The number of nitrogens with one attached hydrogen (secondary N) is 4. The Labute approximate surface area is 295 Å². The molecule has 1 spiro atoms. The second-order valence-corrected chi connectivity index (χ2v) is 14.4. The van der Waals surface area contributed by atoms with Gasteiger partial charge in [-0.3, -0.25) is 4.90 Å². The summed E-state index contributed by atoms with van der Waals surface area (Å²) in [6.45, 7) is 14.4. The Morgan fingerprint density at radius 2 is 1.64 bits per heavy atom. The maximum atomic E-state index is 11.3. The van der Waals surface area contributed by atoms with E-state index in [-0.39, 0.29) is 11.8 Å². The maximum absolute atomic E-state index is 11.3. The van der Waals surface area contributed by atoms with E-state index in [4.69, 9.17) is 28.7 Å². The summed E-state index contributed by atoms with van der Waals surface area (Å²) < 4.78 is 23.9. The Bertz CT molecular complexity index is 1380. The number of fused-ring (bicyclic) bond motifs is 2. The van der Waals surface area contributed by atoms with Gasteiger partial charge in [0.2, 0.25) is 23.6 Å². The zero-order valence-electron chi connectivity index (χ0n) is 30.3. The molecule has 15 heteroatoms. The van der Waals surface area contributed by atoms with Crippen LogP contribution in [-0.2, 0) is 24.0 Å². The van der Waals surface area contributed by atoms with E-state index < -0.39 is 30.1 Å². The second-order valence-electron chi connectivity index (χ2n) is 14.4. The third-order valence-corrected chi connectivity index (χ3v) is 10.4. The van der Waals surface area contributed by atoms with E-state index in [9.17, 15) is 5.11 Å². The Morgan fingerprint density at radius 3 is 2.36 bits per heavy atom. The van der Waals surface area contributed by atoms with Crippen LogP contribution in [0.5, 0.6) is 5.75 Å². The van der Waals surface area contributed by atoms with Gasteiger partial charge >= 0.3 is 0 Å². The van der Waals surface area contributed by atoms with Crippen LogP contribution in [0.2, 0.25) is 0 Å². The molecule has 5 aliphatic rings. The average Bonchev–Trinajstić information content (AvgIpc) is 3.32. The van der Waals surface area contributed by atoms with Crippen LogP contribution >= 0.6 is 0 Å². The Kier molecular flexibility index (Phi) is 11.9. The van der Waals surface area contributed by atoms with Crippen LogP contribution in [0.3, 0.4) is 0 Å². The van der Waals surface area contributed by atoms with Gasteiger partial charge in [0.05, 0.1) is 13.7 Å². The van der Waals surface area contributed by atoms with E-state index in [1.807, 2.05) is 31.2 Å². The Morgan fingerprint density at radius 1 is 0.920 bits per heavy atom. The zero-order chi connectivity index (χ0) is 35.3. The van der Waals surface area contributed by atoms with Crippen LogP contribution in [0, 0.1) is 11.8 Å². The molecule has 5 heterocycles. The number of hydrogen-bond donors (Lipinski definition) is 5. The van der Waals surface area contributed by atoms with E-state index >= 15 is 0 Å². The Hall–Kier alpha value is -2.89. The van der Waals surface area contributed by atoms with E-state index in [0.29, 0.717) is 62.7 Å². The van der Waals surface area contributed by atoms with Crippen molar-refractivity contribution in [1.82, 2.24) is 25.2 Å². The number of nitrogens with zero attached hydrogens (tertiary/aromatic N) is 4. The molecule has 0 radical (unpaired) electrons. The summed E-state index contributed by atoms with van der Waals surface area (Å²) in [5.41, 5.74) is 0.0362. The molecule has 15 nitrogen and oxygen atoms in total.